The van der Waals surface area contributed by atoms with Crippen molar-refractivity contribution in [2.24, 2.45) is 0 Å². The second kappa shape index (κ2) is 67.8. The van der Waals surface area contributed by atoms with Crippen molar-refractivity contribution >= 4 is 39.5 Å². The Morgan fingerprint density at radius 3 is 0.979 bits per heavy atom. The average Bonchev–Trinajstić information content (AvgIpc) is 1.35. The number of ether oxygens (including phenoxy) is 4. The van der Waals surface area contributed by atoms with Gasteiger partial charge in [-0.25, -0.2) is 9.13 Å². The maximum Gasteiger partial charge on any atom is 0.472 e. The van der Waals surface area contributed by atoms with Crippen LogP contribution in [0.25, 0.3) is 0 Å². The zero-order chi connectivity index (χ0) is 69.0. The van der Waals surface area contributed by atoms with Gasteiger partial charge in [-0.15, -0.1) is 0 Å². The van der Waals surface area contributed by atoms with Crippen molar-refractivity contribution in [3.05, 3.63) is 85.1 Å². The maximum absolute atomic E-state index is 13.0. The molecular weight excluding hydrogens is 1230 g/mol. The fourth-order valence-corrected chi connectivity index (χ4v) is 11.3. The summed E-state index contributed by atoms with van der Waals surface area (Å²) in [5.41, 5.74) is 0. The van der Waals surface area contributed by atoms with E-state index in [1.807, 2.05) is 18.2 Å². The van der Waals surface area contributed by atoms with Gasteiger partial charge in [0.1, 0.15) is 19.3 Å². The Kier molecular flexibility index (Phi) is 65.1. The molecule has 0 radical (unpaired) electrons. The normalized spacial score (nSPS) is 14.5. The predicted molar refractivity (Wildman–Crippen MR) is 381 cm³/mol. The first-order chi connectivity index (χ1) is 45.7. The number of rotatable bonds is 69. The van der Waals surface area contributed by atoms with Crippen LogP contribution in [0.4, 0.5) is 0 Å². The summed E-state index contributed by atoms with van der Waals surface area (Å²) < 4.78 is 68.2. The van der Waals surface area contributed by atoms with Gasteiger partial charge in [0.25, 0.3) is 0 Å². The third-order valence-electron chi connectivity index (χ3n) is 15.4. The van der Waals surface area contributed by atoms with Crippen molar-refractivity contribution in [2.45, 2.75) is 329 Å². The fraction of sp³-hybridized carbons (Fsp3) is 0.760. The minimum Gasteiger partial charge on any atom is -0.462 e. The molecular formula is C75H132O17P2. The van der Waals surface area contributed by atoms with E-state index in [0.717, 1.165) is 122 Å². The summed E-state index contributed by atoms with van der Waals surface area (Å²) in [6.07, 6.45) is 67.6. The van der Waals surface area contributed by atoms with Crippen LogP contribution in [0.3, 0.4) is 0 Å². The lowest BCUT2D eigenvalue weighted by atomic mass is 10.0. The highest BCUT2D eigenvalue weighted by atomic mass is 31.2. The highest BCUT2D eigenvalue weighted by molar-refractivity contribution is 7.47. The van der Waals surface area contributed by atoms with Crippen LogP contribution >= 0.6 is 15.6 Å². The van der Waals surface area contributed by atoms with Crippen molar-refractivity contribution < 1.29 is 80.2 Å². The molecule has 0 aromatic carbocycles. The van der Waals surface area contributed by atoms with E-state index in [0.29, 0.717) is 25.7 Å². The van der Waals surface area contributed by atoms with E-state index in [9.17, 15) is 43.2 Å². The molecule has 0 rings (SSSR count). The van der Waals surface area contributed by atoms with Gasteiger partial charge < -0.3 is 33.8 Å². The number of phosphoric acid groups is 2. The van der Waals surface area contributed by atoms with Crippen LogP contribution < -0.4 is 0 Å². The molecule has 0 amide bonds. The van der Waals surface area contributed by atoms with E-state index >= 15 is 0 Å². The molecule has 0 aromatic rings. The molecule has 17 nitrogen and oxygen atoms in total. The third-order valence-corrected chi connectivity index (χ3v) is 17.3. The smallest absolute Gasteiger partial charge is 0.462 e. The number of unbranched alkanes of at least 4 members (excludes halogenated alkanes) is 30. The molecule has 0 fully saturated rings. The van der Waals surface area contributed by atoms with Gasteiger partial charge in [-0.2, -0.15) is 0 Å². The quantitative estimate of drug-likeness (QED) is 0.0169. The van der Waals surface area contributed by atoms with Crippen LogP contribution in [-0.2, 0) is 65.4 Å². The maximum atomic E-state index is 13.0. The summed E-state index contributed by atoms with van der Waals surface area (Å²) in [6.45, 7) is 4.59. The van der Waals surface area contributed by atoms with Gasteiger partial charge in [0.2, 0.25) is 0 Å². The SMILES string of the molecule is CC/C=C\C/C=C\C/C=C\C/C=C\C/C=C\CC(=O)OCC(COP(=O)(O)OCC(O)COP(=O)(O)OCC(COC(=O)CCCCCCCCCCCCCCCCC)OC(=O)CCCCCCC/C=C\CCCCCC)OC(=O)CCCCCCC/C=C\CCCC. The van der Waals surface area contributed by atoms with Gasteiger partial charge in [-0.05, 0) is 96.3 Å². The zero-order valence-corrected chi connectivity index (χ0v) is 60.9. The second-order valence-electron chi connectivity index (χ2n) is 24.5. The Morgan fingerprint density at radius 2 is 0.606 bits per heavy atom. The van der Waals surface area contributed by atoms with Crippen molar-refractivity contribution in [3.63, 3.8) is 0 Å². The van der Waals surface area contributed by atoms with Crippen molar-refractivity contribution in [3.8, 4) is 0 Å². The number of aliphatic hydroxyl groups excluding tert-OH is 1. The van der Waals surface area contributed by atoms with Crippen LogP contribution in [0, 0.1) is 0 Å². The molecule has 0 aromatic heterocycles. The van der Waals surface area contributed by atoms with Crippen LogP contribution in [0.2, 0.25) is 0 Å². The number of carbonyl (C=O) groups is 4. The van der Waals surface area contributed by atoms with Crippen molar-refractivity contribution in [1.82, 2.24) is 0 Å². The van der Waals surface area contributed by atoms with E-state index in [1.54, 1.807) is 6.08 Å². The molecule has 94 heavy (non-hydrogen) atoms. The van der Waals surface area contributed by atoms with E-state index in [1.165, 1.54) is 109 Å². The van der Waals surface area contributed by atoms with Crippen LogP contribution in [0.15, 0.2) is 85.1 Å². The summed E-state index contributed by atoms with van der Waals surface area (Å²) in [7, 11) is -9.96. The number of aliphatic hydroxyl groups is 1. The van der Waals surface area contributed by atoms with Gasteiger partial charge >= 0.3 is 39.5 Å². The second-order valence-corrected chi connectivity index (χ2v) is 27.4. The topological polar surface area (TPSA) is 237 Å². The standard InChI is InChI=1S/C75H132O17P2/c1-5-9-13-17-21-25-29-32-34-37-40-43-47-51-55-59-72(77)85-65-70(91-74(79)61-57-53-49-45-39-28-24-20-16-12-8-4)67-89-93(81,82)87-63-69(76)64-88-94(83,84)90-68-71(92-75(80)62-58-54-50-46-42-36-31-27-23-19-15-11-7-3)66-86-73(78)60-56-52-48-44-41-38-35-33-30-26-22-18-14-10-6-2/h9,13,20-21,24-25,27,31-32,34,40,43,51,55,69-71,76H,5-8,10-12,14-19,22-23,26,28-30,33,35-39,41-42,44-50,52-54,56-68H2,1-4H3,(H,81,82)(H,83,84)/b13-9-,24-20-,25-21-,31-27-,34-32-,43-40-,55-51-. The molecule has 3 N–H and O–H groups in total. The zero-order valence-electron chi connectivity index (χ0n) is 59.1. The van der Waals surface area contributed by atoms with Gasteiger partial charge in [-0.1, -0.05) is 273 Å². The molecule has 0 saturated carbocycles. The Bertz CT molecular complexity index is 2120. The molecule has 0 heterocycles. The molecule has 5 unspecified atom stereocenters. The lowest BCUT2D eigenvalue weighted by Crippen LogP contribution is -2.30. The first kappa shape index (κ1) is 90.2. The van der Waals surface area contributed by atoms with Crippen molar-refractivity contribution in [2.75, 3.05) is 39.6 Å². The molecule has 0 spiro atoms. The number of carbonyl (C=O) groups excluding carboxylic acids is 4. The van der Waals surface area contributed by atoms with Gasteiger partial charge in [0.05, 0.1) is 32.8 Å². The minimum absolute atomic E-state index is 0.0658. The third kappa shape index (κ3) is 66.8. The van der Waals surface area contributed by atoms with E-state index < -0.39 is 97.5 Å². The summed E-state index contributed by atoms with van der Waals surface area (Å²) in [5, 5.41) is 10.6. The van der Waals surface area contributed by atoms with Crippen molar-refractivity contribution in [1.29, 1.82) is 0 Å². The Balaban J connectivity index is 5.37. The van der Waals surface area contributed by atoms with Gasteiger partial charge in [0, 0.05) is 19.3 Å². The van der Waals surface area contributed by atoms with Crippen LogP contribution in [0.1, 0.15) is 310 Å². The number of esters is 4. The number of hydrogen-bond donors (Lipinski definition) is 3. The summed E-state index contributed by atoms with van der Waals surface area (Å²) in [5.74, 6) is -2.33. The molecule has 0 aliphatic carbocycles. The molecule has 0 aliphatic rings. The molecule has 19 heteroatoms. The average molecular weight is 1370 g/mol. The fourth-order valence-electron chi connectivity index (χ4n) is 9.74. The predicted octanol–water partition coefficient (Wildman–Crippen LogP) is 20.7. The van der Waals surface area contributed by atoms with E-state index in [4.69, 9.17) is 37.0 Å². The number of allylic oxidation sites excluding steroid dienone is 13. The largest absolute Gasteiger partial charge is 0.472 e. The van der Waals surface area contributed by atoms with Crippen LogP contribution in [0.5, 0.6) is 0 Å². The monoisotopic (exact) mass is 1370 g/mol. The number of phosphoric ester groups is 2. The van der Waals surface area contributed by atoms with Gasteiger partial charge in [0.15, 0.2) is 12.2 Å². The van der Waals surface area contributed by atoms with E-state index in [2.05, 4.69) is 88.5 Å². The number of hydrogen-bond acceptors (Lipinski definition) is 15. The first-order valence-electron chi connectivity index (χ1n) is 36.8. The molecule has 0 bridgehead atoms. The highest BCUT2D eigenvalue weighted by Gasteiger charge is 2.30. The lowest BCUT2D eigenvalue weighted by molar-refractivity contribution is -0.161. The Labute approximate surface area is 570 Å². The molecule has 0 aliphatic heterocycles. The van der Waals surface area contributed by atoms with Gasteiger partial charge in [-0.3, -0.25) is 37.3 Å². The van der Waals surface area contributed by atoms with E-state index in [-0.39, 0.29) is 25.7 Å². The minimum atomic E-state index is -4.99. The molecule has 0 saturated heterocycles. The molecule has 544 valence electrons. The van der Waals surface area contributed by atoms with Crippen LogP contribution in [-0.4, -0.2) is 96.7 Å². The lowest BCUT2D eigenvalue weighted by Gasteiger charge is -2.21. The highest BCUT2D eigenvalue weighted by Crippen LogP contribution is 2.45. The molecule has 5 atom stereocenters. The first-order valence-corrected chi connectivity index (χ1v) is 39.8. The summed E-state index contributed by atoms with van der Waals surface area (Å²) >= 11 is 0. The summed E-state index contributed by atoms with van der Waals surface area (Å²) in [4.78, 5) is 72.6. The Morgan fingerprint density at radius 1 is 0.319 bits per heavy atom. The summed E-state index contributed by atoms with van der Waals surface area (Å²) in [6, 6.07) is 0. The Hall–Kier alpha value is -3.76.